The van der Waals surface area contributed by atoms with E-state index in [4.69, 9.17) is 4.74 Å². The number of benzene rings is 1. The lowest BCUT2D eigenvalue weighted by molar-refractivity contribution is 0.0792. The minimum Gasteiger partial charge on any atom is -0.497 e. The minimum absolute atomic E-state index is 0.143. The Hall–Kier alpha value is -0.780. The van der Waals surface area contributed by atoms with Gasteiger partial charge in [0.2, 0.25) is 0 Å². The van der Waals surface area contributed by atoms with E-state index in [9.17, 15) is 4.79 Å². The summed E-state index contributed by atoms with van der Waals surface area (Å²) in [6.07, 6.45) is 2.25. The summed E-state index contributed by atoms with van der Waals surface area (Å²) < 4.78 is 6.08. The topological polar surface area (TPSA) is 29.5 Å². The van der Waals surface area contributed by atoms with Crippen LogP contribution in [0.3, 0.4) is 0 Å². The van der Waals surface area contributed by atoms with Gasteiger partial charge in [0, 0.05) is 16.7 Å². The van der Waals surface area contributed by atoms with Crippen molar-refractivity contribution in [2.45, 2.75) is 12.8 Å². The van der Waals surface area contributed by atoms with Crippen LogP contribution in [0.15, 0.2) is 18.2 Å². The Morgan fingerprint density at radius 1 is 1.38 bits per heavy atom. The Morgan fingerprint density at radius 3 is 2.62 bits per heavy atom. The molecule has 86 valence electrons. The second-order valence-corrected chi connectivity index (χ2v) is 5.01. The summed E-state index contributed by atoms with van der Waals surface area (Å²) in [4.78, 5) is 14.1. The molecule has 0 unspecified atom stereocenters. The maximum Gasteiger partial charge on any atom is 0.254 e. The number of amides is 1. The van der Waals surface area contributed by atoms with Crippen molar-refractivity contribution < 1.29 is 9.53 Å². The third-order valence-electron chi connectivity index (χ3n) is 2.80. The molecule has 0 atom stereocenters. The van der Waals surface area contributed by atoms with Gasteiger partial charge in [0.25, 0.3) is 5.91 Å². The number of carbonyl (C=O) groups is 1. The fourth-order valence-corrected chi connectivity index (χ4v) is 2.60. The van der Waals surface area contributed by atoms with E-state index < -0.39 is 0 Å². The monoisotopic (exact) mass is 331 g/mol. The molecule has 0 saturated carbocycles. The maximum absolute atomic E-state index is 12.1. The summed E-state index contributed by atoms with van der Waals surface area (Å²) >= 11 is 2.18. The molecule has 2 rings (SSSR count). The van der Waals surface area contributed by atoms with E-state index in [2.05, 4.69) is 22.6 Å². The smallest absolute Gasteiger partial charge is 0.254 e. The Morgan fingerprint density at radius 2 is 2.06 bits per heavy atom. The van der Waals surface area contributed by atoms with Gasteiger partial charge in [0.15, 0.2) is 0 Å². The van der Waals surface area contributed by atoms with Gasteiger partial charge in [-0.1, -0.05) is 0 Å². The van der Waals surface area contributed by atoms with Gasteiger partial charge < -0.3 is 9.64 Å². The van der Waals surface area contributed by atoms with Crippen molar-refractivity contribution in [2.24, 2.45) is 0 Å². The van der Waals surface area contributed by atoms with Crippen LogP contribution in [0.5, 0.6) is 5.75 Å². The molecule has 0 N–H and O–H groups in total. The van der Waals surface area contributed by atoms with E-state index in [1.165, 1.54) is 0 Å². The Labute approximate surface area is 109 Å². The first-order valence-corrected chi connectivity index (χ1v) is 6.43. The number of hydrogen-bond donors (Lipinski definition) is 0. The zero-order chi connectivity index (χ0) is 11.5. The van der Waals surface area contributed by atoms with Gasteiger partial charge in [-0.2, -0.15) is 0 Å². The normalized spacial score (nSPS) is 15.2. The molecule has 0 aromatic heterocycles. The first-order chi connectivity index (χ1) is 7.72. The molecule has 1 aromatic rings. The molecule has 0 radical (unpaired) electrons. The average Bonchev–Trinajstić information content (AvgIpc) is 2.81. The standard InChI is InChI=1S/C12H14INO2/c1-16-9-4-5-10(11(13)8-9)12(15)14-6-2-3-7-14/h4-5,8H,2-3,6-7H2,1H3. The van der Waals surface area contributed by atoms with E-state index in [1.54, 1.807) is 7.11 Å². The molecule has 1 amide bonds. The molecule has 1 aliphatic rings. The molecule has 1 fully saturated rings. The molecule has 16 heavy (non-hydrogen) atoms. The van der Waals surface area contributed by atoms with Crippen LogP contribution in [0.4, 0.5) is 0 Å². The largest absolute Gasteiger partial charge is 0.497 e. The lowest BCUT2D eigenvalue weighted by Gasteiger charge is -2.16. The summed E-state index contributed by atoms with van der Waals surface area (Å²) in [5.74, 6) is 0.937. The van der Waals surface area contributed by atoms with Crippen LogP contribution in [0.1, 0.15) is 23.2 Å². The molecule has 4 heteroatoms. The van der Waals surface area contributed by atoms with Gasteiger partial charge in [0.1, 0.15) is 5.75 Å². The zero-order valence-electron chi connectivity index (χ0n) is 9.20. The number of hydrogen-bond acceptors (Lipinski definition) is 2. The predicted molar refractivity (Wildman–Crippen MR) is 70.8 cm³/mol. The molecule has 1 aromatic carbocycles. The first-order valence-electron chi connectivity index (χ1n) is 5.35. The summed E-state index contributed by atoms with van der Waals surface area (Å²) in [6, 6.07) is 5.58. The van der Waals surface area contributed by atoms with E-state index >= 15 is 0 Å². The first kappa shape index (κ1) is 11.7. The number of ether oxygens (including phenoxy) is 1. The molecular formula is C12H14INO2. The van der Waals surface area contributed by atoms with Gasteiger partial charge in [-0.3, -0.25) is 4.79 Å². The highest BCUT2D eigenvalue weighted by Gasteiger charge is 2.21. The van der Waals surface area contributed by atoms with Crippen LogP contribution in [0.25, 0.3) is 0 Å². The van der Waals surface area contributed by atoms with E-state index in [1.807, 2.05) is 23.1 Å². The van der Waals surface area contributed by atoms with Gasteiger partial charge in [-0.15, -0.1) is 0 Å². The highest BCUT2D eigenvalue weighted by molar-refractivity contribution is 14.1. The summed E-state index contributed by atoms with van der Waals surface area (Å²) in [7, 11) is 1.63. The van der Waals surface area contributed by atoms with Crippen molar-refractivity contribution >= 4 is 28.5 Å². The summed E-state index contributed by atoms with van der Waals surface area (Å²) in [6.45, 7) is 1.78. The average molecular weight is 331 g/mol. The number of likely N-dealkylation sites (tertiary alicyclic amines) is 1. The lowest BCUT2D eigenvalue weighted by Crippen LogP contribution is -2.28. The predicted octanol–water partition coefficient (Wildman–Crippen LogP) is 2.54. The lowest BCUT2D eigenvalue weighted by atomic mass is 10.2. The summed E-state index contributed by atoms with van der Waals surface area (Å²) in [5.41, 5.74) is 0.781. The van der Waals surface area contributed by atoms with E-state index in [0.717, 1.165) is 40.8 Å². The Bertz CT molecular complexity index is 400. The second-order valence-electron chi connectivity index (χ2n) is 3.85. The highest BCUT2D eigenvalue weighted by Crippen LogP contribution is 2.22. The fourth-order valence-electron chi connectivity index (χ4n) is 1.89. The molecule has 1 heterocycles. The quantitative estimate of drug-likeness (QED) is 0.780. The Balaban J connectivity index is 2.22. The van der Waals surface area contributed by atoms with Crippen LogP contribution >= 0.6 is 22.6 Å². The number of methoxy groups -OCH3 is 1. The highest BCUT2D eigenvalue weighted by atomic mass is 127. The van der Waals surface area contributed by atoms with Crippen molar-refractivity contribution in [1.29, 1.82) is 0 Å². The molecule has 3 nitrogen and oxygen atoms in total. The molecule has 0 bridgehead atoms. The summed E-state index contributed by atoms with van der Waals surface area (Å²) in [5, 5.41) is 0. The molecule has 0 aliphatic carbocycles. The fraction of sp³-hybridized carbons (Fsp3) is 0.417. The van der Waals surface area contributed by atoms with Crippen molar-refractivity contribution in [1.82, 2.24) is 4.90 Å². The van der Waals surface area contributed by atoms with E-state index in [-0.39, 0.29) is 5.91 Å². The van der Waals surface area contributed by atoms with Crippen LogP contribution in [-0.2, 0) is 0 Å². The second kappa shape index (κ2) is 5.03. The zero-order valence-corrected chi connectivity index (χ0v) is 11.4. The number of nitrogens with zero attached hydrogens (tertiary/aromatic N) is 1. The van der Waals surface area contributed by atoms with Crippen molar-refractivity contribution in [3.63, 3.8) is 0 Å². The molecule has 0 spiro atoms. The van der Waals surface area contributed by atoms with Gasteiger partial charge >= 0.3 is 0 Å². The minimum atomic E-state index is 0.143. The van der Waals surface area contributed by atoms with Crippen molar-refractivity contribution in [3.05, 3.63) is 27.3 Å². The van der Waals surface area contributed by atoms with Gasteiger partial charge in [-0.05, 0) is 53.6 Å². The molecule has 1 aliphatic heterocycles. The third kappa shape index (κ3) is 2.31. The Kier molecular flexibility index (Phi) is 3.68. The SMILES string of the molecule is COc1ccc(C(=O)N2CCCC2)c(I)c1. The van der Waals surface area contributed by atoms with Gasteiger partial charge in [-0.25, -0.2) is 0 Å². The van der Waals surface area contributed by atoms with Crippen LogP contribution in [0.2, 0.25) is 0 Å². The number of carbonyl (C=O) groups excluding carboxylic acids is 1. The van der Waals surface area contributed by atoms with Crippen molar-refractivity contribution in [2.75, 3.05) is 20.2 Å². The molecule has 1 saturated heterocycles. The number of halogens is 1. The third-order valence-corrected chi connectivity index (χ3v) is 3.69. The van der Waals surface area contributed by atoms with Crippen LogP contribution in [0, 0.1) is 3.57 Å². The van der Waals surface area contributed by atoms with Gasteiger partial charge in [0.05, 0.1) is 12.7 Å². The number of rotatable bonds is 2. The maximum atomic E-state index is 12.1. The van der Waals surface area contributed by atoms with Crippen molar-refractivity contribution in [3.8, 4) is 5.75 Å². The van der Waals surface area contributed by atoms with Crippen LogP contribution in [-0.4, -0.2) is 31.0 Å². The van der Waals surface area contributed by atoms with Crippen LogP contribution < -0.4 is 4.74 Å². The van der Waals surface area contributed by atoms with E-state index in [0.29, 0.717) is 0 Å². The molecular weight excluding hydrogens is 317 g/mol.